The van der Waals surface area contributed by atoms with Crippen molar-refractivity contribution in [1.82, 2.24) is 9.55 Å². The van der Waals surface area contributed by atoms with Gasteiger partial charge in [0.15, 0.2) is 0 Å². The van der Waals surface area contributed by atoms with Crippen molar-refractivity contribution in [1.29, 1.82) is 0 Å². The maximum absolute atomic E-state index is 13.4. The van der Waals surface area contributed by atoms with Gasteiger partial charge in [0.05, 0.1) is 10.2 Å². The van der Waals surface area contributed by atoms with E-state index in [-0.39, 0.29) is 5.82 Å². The zero-order valence-corrected chi connectivity index (χ0v) is 12.5. The summed E-state index contributed by atoms with van der Waals surface area (Å²) in [5.74, 6) is 0.452. The lowest BCUT2D eigenvalue weighted by molar-refractivity contribution is 0.620. The predicted molar refractivity (Wildman–Crippen MR) is 79.3 cm³/mol. The second kappa shape index (κ2) is 5.57. The van der Waals surface area contributed by atoms with Gasteiger partial charge in [0.1, 0.15) is 5.82 Å². The van der Waals surface area contributed by atoms with Gasteiger partial charge in [0.2, 0.25) is 5.95 Å². The van der Waals surface area contributed by atoms with Crippen LogP contribution < -0.4 is 5.32 Å². The highest BCUT2D eigenvalue weighted by Crippen LogP contribution is 2.26. The normalized spacial score (nSPS) is 10.5. The van der Waals surface area contributed by atoms with Crippen molar-refractivity contribution in [2.45, 2.75) is 20.4 Å². The first kappa shape index (κ1) is 13.8. The number of allylic oxidation sites excluding steroid dienone is 1. The highest BCUT2D eigenvalue weighted by atomic mass is 79.9. The number of hydrogen-bond donors (Lipinski definition) is 1. The SMILES string of the molecule is C=CCn1cc(C)nc1Nc1cc(Br)c(F)cc1C. The summed E-state index contributed by atoms with van der Waals surface area (Å²) in [6.45, 7) is 8.18. The average Bonchev–Trinajstić information content (AvgIpc) is 2.67. The third kappa shape index (κ3) is 3.04. The molecule has 2 rings (SSSR count). The molecule has 0 spiro atoms. The molecule has 0 bridgehead atoms. The first-order valence-electron chi connectivity index (χ1n) is 5.88. The Morgan fingerprint density at radius 1 is 1.47 bits per heavy atom. The highest BCUT2D eigenvalue weighted by molar-refractivity contribution is 9.10. The molecule has 19 heavy (non-hydrogen) atoms. The number of nitrogens with one attached hydrogen (secondary N) is 1. The van der Waals surface area contributed by atoms with Crippen molar-refractivity contribution in [3.63, 3.8) is 0 Å². The van der Waals surface area contributed by atoms with E-state index in [0.29, 0.717) is 11.0 Å². The number of anilines is 2. The van der Waals surface area contributed by atoms with Gasteiger partial charge in [0.25, 0.3) is 0 Å². The second-order valence-electron chi connectivity index (χ2n) is 4.35. The standard InChI is InChI=1S/C14H15BrFN3/c1-4-5-19-8-10(3)17-14(19)18-13-7-11(15)12(16)6-9(13)2/h4,6-8H,1,5H2,2-3H3,(H,17,18). The minimum atomic E-state index is -0.270. The molecule has 1 N–H and O–H groups in total. The van der Waals surface area contributed by atoms with Crippen LogP contribution in [0.15, 0.2) is 35.5 Å². The maximum Gasteiger partial charge on any atom is 0.207 e. The van der Waals surface area contributed by atoms with Crippen LogP contribution in [0.4, 0.5) is 16.0 Å². The number of aromatic nitrogens is 2. The van der Waals surface area contributed by atoms with E-state index in [9.17, 15) is 4.39 Å². The first-order chi connectivity index (χ1) is 9.01. The van der Waals surface area contributed by atoms with Crippen LogP contribution in [0.3, 0.4) is 0 Å². The van der Waals surface area contributed by atoms with Crippen molar-refractivity contribution in [3.8, 4) is 0 Å². The topological polar surface area (TPSA) is 29.9 Å². The number of imidazole rings is 1. The average molecular weight is 324 g/mol. The molecular weight excluding hydrogens is 309 g/mol. The lowest BCUT2D eigenvalue weighted by Gasteiger charge is -2.11. The summed E-state index contributed by atoms with van der Waals surface area (Å²) in [7, 11) is 0. The van der Waals surface area contributed by atoms with Crippen molar-refractivity contribution in [2.75, 3.05) is 5.32 Å². The van der Waals surface area contributed by atoms with Crippen molar-refractivity contribution in [2.24, 2.45) is 0 Å². The Bertz CT molecular complexity index is 619. The fraction of sp³-hybridized carbons (Fsp3) is 0.214. The van der Waals surface area contributed by atoms with Gasteiger partial charge in [-0.2, -0.15) is 0 Å². The van der Waals surface area contributed by atoms with E-state index in [0.717, 1.165) is 22.9 Å². The molecule has 0 aliphatic heterocycles. The summed E-state index contributed by atoms with van der Waals surface area (Å²) in [6, 6.07) is 3.20. The number of rotatable bonds is 4. The Hall–Kier alpha value is -1.62. The molecular formula is C14H15BrFN3. The fourth-order valence-electron chi connectivity index (χ4n) is 1.83. The summed E-state index contributed by atoms with van der Waals surface area (Å²) in [5, 5.41) is 3.22. The Morgan fingerprint density at radius 2 is 2.21 bits per heavy atom. The molecule has 0 aliphatic carbocycles. The van der Waals surface area contributed by atoms with Gasteiger partial charge in [-0.3, -0.25) is 0 Å². The summed E-state index contributed by atoms with van der Waals surface area (Å²) >= 11 is 3.19. The minimum absolute atomic E-state index is 0.270. The molecule has 1 heterocycles. The third-order valence-electron chi connectivity index (χ3n) is 2.74. The summed E-state index contributed by atoms with van der Waals surface area (Å²) < 4.78 is 15.8. The van der Waals surface area contributed by atoms with Crippen LogP contribution in [0.1, 0.15) is 11.3 Å². The van der Waals surface area contributed by atoms with Crippen LogP contribution in [0.2, 0.25) is 0 Å². The van der Waals surface area contributed by atoms with Crippen molar-refractivity contribution < 1.29 is 4.39 Å². The Labute approximate surface area is 120 Å². The van der Waals surface area contributed by atoms with E-state index in [2.05, 4.69) is 32.8 Å². The molecule has 0 aliphatic rings. The van der Waals surface area contributed by atoms with Gasteiger partial charge >= 0.3 is 0 Å². The molecule has 0 radical (unpaired) electrons. The molecule has 5 heteroatoms. The summed E-state index contributed by atoms with van der Waals surface area (Å²) in [6.07, 6.45) is 3.75. The molecule has 0 fully saturated rings. The second-order valence-corrected chi connectivity index (χ2v) is 5.21. The molecule has 0 amide bonds. The maximum atomic E-state index is 13.4. The van der Waals surface area contributed by atoms with Crippen LogP contribution in [0.5, 0.6) is 0 Å². The quantitative estimate of drug-likeness (QED) is 0.848. The van der Waals surface area contributed by atoms with Crippen LogP contribution in [0, 0.1) is 19.7 Å². The lowest BCUT2D eigenvalue weighted by Crippen LogP contribution is -2.03. The van der Waals surface area contributed by atoms with Crippen molar-refractivity contribution >= 4 is 27.6 Å². The van der Waals surface area contributed by atoms with Gasteiger partial charge in [-0.05, 0) is 47.5 Å². The number of nitrogens with zero attached hydrogens (tertiary/aromatic N) is 2. The molecule has 0 unspecified atom stereocenters. The Balaban J connectivity index is 2.35. The molecule has 1 aromatic heterocycles. The number of benzene rings is 1. The molecule has 2 aromatic rings. The Kier molecular flexibility index (Phi) is 4.04. The molecule has 0 saturated heterocycles. The molecule has 100 valence electrons. The minimum Gasteiger partial charge on any atom is -0.325 e. The van der Waals surface area contributed by atoms with Crippen LogP contribution >= 0.6 is 15.9 Å². The lowest BCUT2D eigenvalue weighted by atomic mass is 10.2. The van der Waals surface area contributed by atoms with E-state index in [4.69, 9.17) is 0 Å². The van der Waals surface area contributed by atoms with E-state index in [1.807, 2.05) is 24.6 Å². The van der Waals surface area contributed by atoms with Crippen LogP contribution in [0.25, 0.3) is 0 Å². The van der Waals surface area contributed by atoms with Gasteiger partial charge in [-0.1, -0.05) is 6.08 Å². The summed E-state index contributed by atoms with van der Waals surface area (Å²) in [5.41, 5.74) is 2.57. The fourth-order valence-corrected chi connectivity index (χ4v) is 2.17. The summed E-state index contributed by atoms with van der Waals surface area (Å²) in [4.78, 5) is 4.41. The zero-order valence-electron chi connectivity index (χ0n) is 10.9. The van der Waals surface area contributed by atoms with E-state index in [1.54, 1.807) is 12.1 Å². The van der Waals surface area contributed by atoms with Gasteiger partial charge in [0, 0.05) is 18.4 Å². The van der Waals surface area contributed by atoms with E-state index in [1.165, 1.54) is 6.07 Å². The number of aryl methyl sites for hydroxylation is 2. The zero-order chi connectivity index (χ0) is 14.0. The molecule has 3 nitrogen and oxygen atoms in total. The van der Waals surface area contributed by atoms with E-state index < -0.39 is 0 Å². The van der Waals surface area contributed by atoms with Crippen LogP contribution in [-0.2, 0) is 6.54 Å². The van der Waals surface area contributed by atoms with Crippen LogP contribution in [-0.4, -0.2) is 9.55 Å². The first-order valence-corrected chi connectivity index (χ1v) is 6.68. The van der Waals surface area contributed by atoms with Gasteiger partial charge in [-0.25, -0.2) is 9.37 Å². The number of halogens is 2. The van der Waals surface area contributed by atoms with Crippen molar-refractivity contribution in [3.05, 3.63) is 52.5 Å². The third-order valence-corrected chi connectivity index (χ3v) is 3.34. The monoisotopic (exact) mass is 323 g/mol. The smallest absolute Gasteiger partial charge is 0.207 e. The molecule has 0 atom stereocenters. The molecule has 1 aromatic carbocycles. The Morgan fingerprint density at radius 3 is 2.89 bits per heavy atom. The van der Waals surface area contributed by atoms with E-state index >= 15 is 0 Å². The largest absolute Gasteiger partial charge is 0.325 e. The predicted octanol–water partition coefficient (Wildman–Crippen LogP) is 4.33. The highest BCUT2D eigenvalue weighted by Gasteiger charge is 2.09. The van der Waals surface area contributed by atoms with Gasteiger partial charge < -0.3 is 9.88 Å². The molecule has 0 saturated carbocycles. The van der Waals surface area contributed by atoms with Gasteiger partial charge in [-0.15, -0.1) is 6.58 Å². The number of hydrogen-bond acceptors (Lipinski definition) is 2.